The molecule has 1 heterocycles. The van der Waals surface area contributed by atoms with E-state index in [9.17, 15) is 14.7 Å². The Morgan fingerprint density at radius 1 is 1.09 bits per heavy atom. The summed E-state index contributed by atoms with van der Waals surface area (Å²) in [6.07, 6.45) is 0. The highest BCUT2D eigenvalue weighted by atomic mass is 35.5. The van der Waals surface area contributed by atoms with E-state index in [0.717, 1.165) is 24.2 Å². The number of ether oxygens (including phenoxy) is 1. The maximum atomic E-state index is 13.3. The summed E-state index contributed by atoms with van der Waals surface area (Å²) in [5, 5.41) is 11.7. The molecule has 2 aromatic rings. The molecule has 0 aliphatic carbocycles. The number of likely N-dealkylation sites (N-methyl/N-ethyl adjacent to an activating group) is 1. The monoisotopic (exact) mass is 498 g/mol. The first-order valence-corrected chi connectivity index (χ1v) is 12.4. The van der Waals surface area contributed by atoms with Gasteiger partial charge in [0.1, 0.15) is 11.5 Å². The van der Waals surface area contributed by atoms with Crippen molar-refractivity contribution < 1.29 is 19.4 Å². The second-order valence-electron chi connectivity index (χ2n) is 9.74. The number of halogens is 1. The van der Waals surface area contributed by atoms with Crippen LogP contribution in [0.4, 0.5) is 0 Å². The number of carbonyl (C=O) groups is 2. The number of hydrogen-bond acceptors (Lipinski definition) is 5. The summed E-state index contributed by atoms with van der Waals surface area (Å²) in [5.41, 5.74) is 2.32. The van der Waals surface area contributed by atoms with E-state index in [-0.39, 0.29) is 16.7 Å². The number of amides is 1. The number of methoxy groups -OCH3 is 1. The van der Waals surface area contributed by atoms with Gasteiger partial charge in [-0.1, -0.05) is 70.5 Å². The number of aliphatic hydroxyl groups excluding tert-OH is 1. The quantitative estimate of drug-likeness (QED) is 0.299. The predicted octanol–water partition coefficient (Wildman–Crippen LogP) is 5.41. The van der Waals surface area contributed by atoms with Gasteiger partial charge < -0.3 is 19.6 Å². The molecular formula is C28H35ClN2O4. The van der Waals surface area contributed by atoms with Crippen LogP contribution in [0, 0.1) is 0 Å². The first-order chi connectivity index (χ1) is 16.5. The first kappa shape index (κ1) is 26.8. The molecule has 1 saturated heterocycles. The molecule has 0 aromatic heterocycles. The molecule has 0 spiro atoms. The van der Waals surface area contributed by atoms with Crippen LogP contribution in [0.3, 0.4) is 0 Å². The van der Waals surface area contributed by atoms with Gasteiger partial charge in [-0.25, -0.2) is 0 Å². The lowest BCUT2D eigenvalue weighted by Crippen LogP contribution is -2.38. The summed E-state index contributed by atoms with van der Waals surface area (Å²) < 4.78 is 5.28. The molecule has 1 N–H and O–H groups in total. The van der Waals surface area contributed by atoms with Crippen molar-refractivity contribution in [2.24, 2.45) is 0 Å². The van der Waals surface area contributed by atoms with Gasteiger partial charge in [0.05, 0.1) is 23.7 Å². The molecule has 3 rings (SSSR count). The average Bonchev–Trinajstić information content (AvgIpc) is 3.09. The molecule has 1 aliphatic rings. The van der Waals surface area contributed by atoms with E-state index < -0.39 is 17.7 Å². The van der Waals surface area contributed by atoms with Crippen molar-refractivity contribution >= 4 is 29.1 Å². The molecule has 1 unspecified atom stereocenters. The van der Waals surface area contributed by atoms with Crippen molar-refractivity contribution in [2.75, 3.05) is 33.3 Å². The van der Waals surface area contributed by atoms with Crippen molar-refractivity contribution in [3.63, 3.8) is 0 Å². The third-order valence-electron chi connectivity index (χ3n) is 6.61. The fourth-order valence-electron chi connectivity index (χ4n) is 4.37. The number of nitrogens with zero attached hydrogens (tertiary/aromatic N) is 2. The molecule has 7 heteroatoms. The van der Waals surface area contributed by atoms with Crippen LogP contribution in [-0.4, -0.2) is 59.9 Å². The highest BCUT2D eigenvalue weighted by Gasteiger charge is 2.46. The van der Waals surface area contributed by atoms with E-state index in [1.54, 1.807) is 23.1 Å². The second kappa shape index (κ2) is 10.8. The van der Waals surface area contributed by atoms with E-state index in [0.29, 0.717) is 29.4 Å². The number of aliphatic hydroxyl groups is 1. The van der Waals surface area contributed by atoms with Crippen LogP contribution in [0.2, 0.25) is 5.02 Å². The molecule has 188 valence electrons. The highest BCUT2D eigenvalue weighted by molar-refractivity contribution is 6.46. The van der Waals surface area contributed by atoms with Gasteiger partial charge in [-0.2, -0.15) is 0 Å². The van der Waals surface area contributed by atoms with Crippen LogP contribution in [0.15, 0.2) is 48.0 Å². The van der Waals surface area contributed by atoms with Crippen molar-refractivity contribution in [3.05, 3.63) is 69.8 Å². The molecule has 6 nitrogen and oxygen atoms in total. The van der Waals surface area contributed by atoms with E-state index in [1.165, 1.54) is 7.11 Å². The Labute approximate surface area is 213 Å². The Morgan fingerprint density at radius 3 is 2.26 bits per heavy atom. The van der Waals surface area contributed by atoms with Crippen LogP contribution in [0.25, 0.3) is 5.76 Å². The standard InChI is InChI=1S/C28H35ClN2O4/c1-7-30(8-2)15-16-31-24(18-9-12-20(13-10-18)28(3,4)5)23(26(33)27(31)34)25(32)19-11-14-21(29)22(17-19)35-6/h9-14,17,24,32H,7-8,15-16H2,1-6H3/b25-23-. The number of Topliss-reactive ketones (excluding diaryl/α,β-unsaturated/α-hetero) is 1. The molecule has 1 fully saturated rings. The van der Waals surface area contributed by atoms with Crippen molar-refractivity contribution in [3.8, 4) is 5.75 Å². The summed E-state index contributed by atoms with van der Waals surface area (Å²) in [5.74, 6) is -1.17. The van der Waals surface area contributed by atoms with Gasteiger partial charge in [0.15, 0.2) is 0 Å². The van der Waals surface area contributed by atoms with Gasteiger partial charge in [-0.15, -0.1) is 0 Å². The van der Waals surface area contributed by atoms with Crippen LogP contribution < -0.4 is 4.74 Å². The average molecular weight is 499 g/mol. The fourth-order valence-corrected chi connectivity index (χ4v) is 4.57. The zero-order valence-corrected chi connectivity index (χ0v) is 22.1. The summed E-state index contributed by atoms with van der Waals surface area (Å²) in [4.78, 5) is 30.2. The number of hydrogen-bond donors (Lipinski definition) is 1. The van der Waals surface area contributed by atoms with Crippen molar-refractivity contribution in [1.82, 2.24) is 9.80 Å². The number of benzene rings is 2. The highest BCUT2D eigenvalue weighted by Crippen LogP contribution is 2.40. The number of rotatable bonds is 8. The zero-order chi connectivity index (χ0) is 25.9. The lowest BCUT2D eigenvalue weighted by Gasteiger charge is -2.28. The smallest absolute Gasteiger partial charge is 0.295 e. The van der Waals surface area contributed by atoms with Gasteiger partial charge in [0, 0.05) is 18.7 Å². The molecule has 0 bridgehead atoms. The summed E-state index contributed by atoms with van der Waals surface area (Å²) >= 11 is 6.15. The molecular weight excluding hydrogens is 464 g/mol. The number of ketones is 1. The first-order valence-electron chi connectivity index (χ1n) is 12.0. The summed E-state index contributed by atoms with van der Waals surface area (Å²) in [6.45, 7) is 13.2. The molecule has 0 saturated carbocycles. The second-order valence-corrected chi connectivity index (χ2v) is 10.1. The minimum Gasteiger partial charge on any atom is -0.507 e. The third kappa shape index (κ3) is 5.54. The zero-order valence-electron chi connectivity index (χ0n) is 21.4. The lowest BCUT2D eigenvalue weighted by molar-refractivity contribution is -0.140. The van der Waals surface area contributed by atoms with Gasteiger partial charge in [-0.05, 0) is 47.8 Å². The normalized spacial score (nSPS) is 17.9. The van der Waals surface area contributed by atoms with Gasteiger partial charge >= 0.3 is 0 Å². The van der Waals surface area contributed by atoms with Crippen LogP contribution >= 0.6 is 11.6 Å². The molecule has 35 heavy (non-hydrogen) atoms. The van der Waals surface area contributed by atoms with E-state index in [4.69, 9.17) is 16.3 Å². The van der Waals surface area contributed by atoms with Crippen LogP contribution in [-0.2, 0) is 15.0 Å². The summed E-state index contributed by atoms with van der Waals surface area (Å²) in [7, 11) is 1.48. The molecule has 1 amide bonds. The minimum atomic E-state index is -0.694. The Balaban J connectivity index is 2.14. The van der Waals surface area contributed by atoms with Crippen molar-refractivity contribution in [2.45, 2.75) is 46.1 Å². The topological polar surface area (TPSA) is 70.1 Å². The molecule has 2 aromatic carbocycles. The van der Waals surface area contributed by atoms with E-state index in [1.807, 2.05) is 24.3 Å². The van der Waals surface area contributed by atoms with Gasteiger partial charge in [-0.3, -0.25) is 9.59 Å². The minimum absolute atomic E-state index is 0.0387. The van der Waals surface area contributed by atoms with E-state index in [2.05, 4.69) is 39.5 Å². The lowest BCUT2D eigenvalue weighted by atomic mass is 9.85. The maximum Gasteiger partial charge on any atom is 0.295 e. The van der Waals surface area contributed by atoms with Crippen LogP contribution in [0.1, 0.15) is 57.4 Å². The third-order valence-corrected chi connectivity index (χ3v) is 6.92. The number of likely N-dealkylation sites (tertiary alicyclic amines) is 1. The van der Waals surface area contributed by atoms with E-state index >= 15 is 0 Å². The predicted molar refractivity (Wildman–Crippen MR) is 140 cm³/mol. The molecule has 1 atom stereocenters. The Morgan fingerprint density at radius 2 is 1.71 bits per heavy atom. The summed E-state index contributed by atoms with van der Waals surface area (Å²) in [6, 6.07) is 12.0. The number of carbonyl (C=O) groups excluding carboxylic acids is 2. The van der Waals surface area contributed by atoms with Crippen LogP contribution in [0.5, 0.6) is 5.75 Å². The SMILES string of the molecule is CCN(CC)CCN1C(=O)C(=O)/C(=C(\O)c2ccc(Cl)c(OC)c2)C1c1ccc(C(C)(C)C)cc1. The van der Waals surface area contributed by atoms with Gasteiger partial charge in [0.2, 0.25) is 0 Å². The largest absolute Gasteiger partial charge is 0.507 e. The molecule has 0 radical (unpaired) electrons. The van der Waals surface area contributed by atoms with Crippen molar-refractivity contribution in [1.29, 1.82) is 0 Å². The maximum absolute atomic E-state index is 13.3. The fraction of sp³-hybridized carbons (Fsp3) is 0.429. The molecule has 1 aliphatic heterocycles. The Kier molecular flexibility index (Phi) is 8.29. The Bertz CT molecular complexity index is 1110. The Hall–Kier alpha value is -2.83. The van der Waals surface area contributed by atoms with Gasteiger partial charge in [0.25, 0.3) is 11.7 Å².